The van der Waals surface area contributed by atoms with Crippen LogP contribution < -0.4 is 10.5 Å². The highest BCUT2D eigenvalue weighted by molar-refractivity contribution is 5.30. The van der Waals surface area contributed by atoms with Crippen LogP contribution in [0.5, 0.6) is 5.75 Å². The predicted octanol–water partition coefficient (Wildman–Crippen LogP) is 2.43. The number of hydrogen-bond donors (Lipinski definition) is 1. The van der Waals surface area contributed by atoms with Gasteiger partial charge in [0.2, 0.25) is 0 Å². The molecule has 1 aromatic carbocycles. The van der Waals surface area contributed by atoms with Crippen molar-refractivity contribution in [3.8, 4) is 5.75 Å². The second kappa shape index (κ2) is 7.30. The van der Waals surface area contributed by atoms with Crippen LogP contribution in [0.3, 0.4) is 0 Å². The van der Waals surface area contributed by atoms with Gasteiger partial charge in [0.1, 0.15) is 5.75 Å². The van der Waals surface area contributed by atoms with Gasteiger partial charge in [-0.05, 0) is 44.6 Å². The Morgan fingerprint density at radius 1 is 1.35 bits per heavy atom. The third kappa shape index (κ3) is 4.02. The number of nitrogens with zero attached hydrogens (tertiary/aromatic N) is 1. The van der Waals surface area contributed by atoms with Gasteiger partial charge in [-0.3, -0.25) is 4.90 Å². The summed E-state index contributed by atoms with van der Waals surface area (Å²) in [5, 5.41) is 0. The molecule has 0 aliphatic rings. The molecule has 96 valence electrons. The van der Waals surface area contributed by atoms with Gasteiger partial charge in [-0.15, -0.1) is 0 Å². The molecule has 0 saturated carbocycles. The fraction of sp³-hybridized carbons (Fsp3) is 0.571. The topological polar surface area (TPSA) is 38.5 Å². The molecule has 0 aliphatic heterocycles. The molecule has 0 bridgehead atoms. The van der Waals surface area contributed by atoms with E-state index in [2.05, 4.69) is 31.0 Å². The summed E-state index contributed by atoms with van der Waals surface area (Å²) in [5.41, 5.74) is 7.11. The standard InChI is InChI=1S/C14H24N2O/c1-4-9-16(3)14(11-15)12-7-6-8-13(10-12)17-5-2/h6-8,10,14H,4-5,9,11,15H2,1-3H3. The maximum absolute atomic E-state index is 5.88. The fourth-order valence-electron chi connectivity index (χ4n) is 2.06. The molecule has 17 heavy (non-hydrogen) atoms. The fourth-order valence-corrected chi connectivity index (χ4v) is 2.06. The van der Waals surface area contributed by atoms with Gasteiger partial charge in [-0.25, -0.2) is 0 Å². The summed E-state index contributed by atoms with van der Waals surface area (Å²) in [5.74, 6) is 0.924. The normalized spacial score (nSPS) is 12.8. The first kappa shape index (κ1) is 14.0. The summed E-state index contributed by atoms with van der Waals surface area (Å²) in [6.45, 7) is 6.56. The third-order valence-electron chi connectivity index (χ3n) is 2.89. The number of rotatable bonds is 7. The van der Waals surface area contributed by atoms with Crippen molar-refractivity contribution in [2.45, 2.75) is 26.3 Å². The first-order valence-corrected chi connectivity index (χ1v) is 6.36. The number of benzene rings is 1. The van der Waals surface area contributed by atoms with Gasteiger partial charge >= 0.3 is 0 Å². The van der Waals surface area contributed by atoms with Crippen LogP contribution in [0.1, 0.15) is 31.9 Å². The van der Waals surface area contributed by atoms with Gasteiger partial charge in [0.05, 0.1) is 6.61 Å². The minimum absolute atomic E-state index is 0.273. The van der Waals surface area contributed by atoms with Crippen molar-refractivity contribution in [2.75, 3.05) is 26.7 Å². The van der Waals surface area contributed by atoms with Gasteiger partial charge in [-0.2, -0.15) is 0 Å². The van der Waals surface area contributed by atoms with E-state index in [1.165, 1.54) is 5.56 Å². The molecule has 1 rings (SSSR count). The van der Waals surface area contributed by atoms with E-state index in [4.69, 9.17) is 10.5 Å². The molecule has 1 unspecified atom stereocenters. The molecule has 0 radical (unpaired) electrons. The van der Waals surface area contributed by atoms with Crippen LogP contribution in [0.4, 0.5) is 0 Å². The van der Waals surface area contributed by atoms with Crippen molar-refractivity contribution >= 4 is 0 Å². The molecule has 0 heterocycles. The molecule has 3 nitrogen and oxygen atoms in total. The van der Waals surface area contributed by atoms with Crippen molar-refractivity contribution in [3.05, 3.63) is 29.8 Å². The van der Waals surface area contributed by atoms with Crippen LogP contribution >= 0.6 is 0 Å². The quantitative estimate of drug-likeness (QED) is 0.790. The van der Waals surface area contributed by atoms with E-state index in [0.717, 1.165) is 18.7 Å². The summed E-state index contributed by atoms with van der Waals surface area (Å²) in [6, 6.07) is 8.50. The Labute approximate surface area is 105 Å². The van der Waals surface area contributed by atoms with Gasteiger partial charge in [0, 0.05) is 12.6 Å². The lowest BCUT2D eigenvalue weighted by atomic mass is 10.1. The summed E-state index contributed by atoms with van der Waals surface area (Å²) < 4.78 is 5.52. The maximum atomic E-state index is 5.88. The Balaban J connectivity index is 2.83. The highest BCUT2D eigenvalue weighted by atomic mass is 16.5. The first-order valence-electron chi connectivity index (χ1n) is 6.36. The van der Waals surface area contributed by atoms with Crippen molar-refractivity contribution in [1.82, 2.24) is 4.90 Å². The zero-order valence-corrected chi connectivity index (χ0v) is 11.1. The van der Waals surface area contributed by atoms with Crippen LogP contribution in [0.25, 0.3) is 0 Å². The second-order valence-electron chi connectivity index (χ2n) is 4.24. The lowest BCUT2D eigenvalue weighted by Gasteiger charge is -2.27. The number of likely N-dealkylation sites (N-methyl/N-ethyl adjacent to an activating group) is 1. The van der Waals surface area contributed by atoms with Crippen molar-refractivity contribution in [2.24, 2.45) is 5.73 Å². The molecule has 0 fully saturated rings. The summed E-state index contributed by atoms with van der Waals surface area (Å²) >= 11 is 0. The Morgan fingerprint density at radius 2 is 2.12 bits per heavy atom. The molecule has 0 aromatic heterocycles. The van der Waals surface area contributed by atoms with E-state index in [1.807, 2.05) is 19.1 Å². The minimum Gasteiger partial charge on any atom is -0.494 e. The van der Waals surface area contributed by atoms with E-state index in [1.54, 1.807) is 0 Å². The zero-order valence-electron chi connectivity index (χ0n) is 11.1. The Hall–Kier alpha value is -1.06. The van der Waals surface area contributed by atoms with E-state index < -0.39 is 0 Å². The third-order valence-corrected chi connectivity index (χ3v) is 2.89. The van der Waals surface area contributed by atoms with Crippen LogP contribution in [-0.4, -0.2) is 31.6 Å². The molecule has 1 atom stereocenters. The lowest BCUT2D eigenvalue weighted by Crippen LogP contribution is -2.31. The SMILES string of the molecule is CCCN(C)C(CN)c1cccc(OCC)c1. The monoisotopic (exact) mass is 236 g/mol. The smallest absolute Gasteiger partial charge is 0.119 e. The Kier molecular flexibility index (Phi) is 6.01. The summed E-state index contributed by atoms with van der Waals surface area (Å²) in [6.07, 6.45) is 1.14. The summed E-state index contributed by atoms with van der Waals surface area (Å²) in [7, 11) is 2.12. The first-order chi connectivity index (χ1) is 8.22. The van der Waals surface area contributed by atoms with Crippen molar-refractivity contribution in [1.29, 1.82) is 0 Å². The Bertz CT molecular complexity index is 328. The predicted molar refractivity (Wildman–Crippen MR) is 72.3 cm³/mol. The largest absolute Gasteiger partial charge is 0.494 e. The molecular weight excluding hydrogens is 212 g/mol. The molecule has 2 N–H and O–H groups in total. The maximum Gasteiger partial charge on any atom is 0.119 e. The van der Waals surface area contributed by atoms with E-state index in [-0.39, 0.29) is 6.04 Å². The van der Waals surface area contributed by atoms with Crippen LogP contribution in [0, 0.1) is 0 Å². The van der Waals surface area contributed by atoms with E-state index >= 15 is 0 Å². The van der Waals surface area contributed by atoms with Gasteiger partial charge < -0.3 is 10.5 Å². The van der Waals surface area contributed by atoms with Gasteiger partial charge in [0.15, 0.2) is 0 Å². The zero-order chi connectivity index (χ0) is 12.7. The molecule has 0 saturated heterocycles. The highest BCUT2D eigenvalue weighted by Gasteiger charge is 2.14. The average Bonchev–Trinajstić information content (AvgIpc) is 2.31. The number of ether oxygens (including phenoxy) is 1. The summed E-state index contributed by atoms with van der Waals surface area (Å²) in [4.78, 5) is 2.30. The van der Waals surface area contributed by atoms with Crippen LogP contribution in [0.15, 0.2) is 24.3 Å². The number of nitrogens with two attached hydrogens (primary N) is 1. The van der Waals surface area contributed by atoms with Gasteiger partial charge in [0.25, 0.3) is 0 Å². The second-order valence-corrected chi connectivity index (χ2v) is 4.24. The molecule has 0 aliphatic carbocycles. The average molecular weight is 236 g/mol. The molecule has 0 spiro atoms. The highest BCUT2D eigenvalue weighted by Crippen LogP contribution is 2.22. The van der Waals surface area contributed by atoms with Gasteiger partial charge in [-0.1, -0.05) is 19.1 Å². The van der Waals surface area contributed by atoms with Crippen molar-refractivity contribution in [3.63, 3.8) is 0 Å². The number of hydrogen-bond acceptors (Lipinski definition) is 3. The molecule has 0 amide bonds. The molecule has 3 heteroatoms. The van der Waals surface area contributed by atoms with Crippen LogP contribution in [0.2, 0.25) is 0 Å². The minimum atomic E-state index is 0.273. The van der Waals surface area contributed by atoms with Crippen LogP contribution in [-0.2, 0) is 0 Å². The van der Waals surface area contributed by atoms with E-state index in [9.17, 15) is 0 Å². The molecule has 1 aromatic rings. The van der Waals surface area contributed by atoms with Crippen molar-refractivity contribution < 1.29 is 4.74 Å². The molecular formula is C14H24N2O. The van der Waals surface area contributed by atoms with E-state index in [0.29, 0.717) is 13.2 Å². The lowest BCUT2D eigenvalue weighted by molar-refractivity contribution is 0.250. The Morgan fingerprint density at radius 3 is 2.71 bits per heavy atom.